The Labute approximate surface area is 128 Å². The first kappa shape index (κ1) is 15.9. The van der Waals surface area contributed by atoms with Crippen LogP contribution in [0.4, 0.5) is 25.8 Å². The summed E-state index contributed by atoms with van der Waals surface area (Å²) in [4.78, 5) is 11.7. The van der Waals surface area contributed by atoms with Gasteiger partial charge in [-0.05, 0) is 42.3 Å². The van der Waals surface area contributed by atoms with Gasteiger partial charge in [0.15, 0.2) is 0 Å². The SMILES string of the molecule is CC(C)CC(=O)Nc1ccc(Nc2ccc(F)cc2F)cc1. The van der Waals surface area contributed by atoms with Crippen LogP contribution in [0.1, 0.15) is 20.3 Å². The zero-order valence-electron chi connectivity index (χ0n) is 12.5. The maximum Gasteiger partial charge on any atom is 0.224 e. The van der Waals surface area contributed by atoms with Gasteiger partial charge in [0.1, 0.15) is 11.6 Å². The van der Waals surface area contributed by atoms with E-state index in [1.807, 2.05) is 13.8 Å². The third-order valence-corrected chi connectivity index (χ3v) is 2.97. The predicted molar refractivity (Wildman–Crippen MR) is 84.2 cm³/mol. The molecular weight excluding hydrogens is 286 g/mol. The highest BCUT2D eigenvalue weighted by atomic mass is 19.1. The van der Waals surface area contributed by atoms with Crippen LogP contribution in [0.5, 0.6) is 0 Å². The molecule has 0 bridgehead atoms. The van der Waals surface area contributed by atoms with Crippen molar-refractivity contribution in [2.75, 3.05) is 10.6 Å². The van der Waals surface area contributed by atoms with Crippen molar-refractivity contribution in [1.82, 2.24) is 0 Å². The Balaban J connectivity index is 2.01. The van der Waals surface area contributed by atoms with Gasteiger partial charge in [-0.2, -0.15) is 0 Å². The molecule has 0 aliphatic carbocycles. The summed E-state index contributed by atoms with van der Waals surface area (Å²) in [5.41, 5.74) is 1.51. The molecule has 3 nitrogen and oxygen atoms in total. The van der Waals surface area contributed by atoms with Crippen LogP contribution in [-0.4, -0.2) is 5.91 Å². The number of rotatable bonds is 5. The van der Waals surface area contributed by atoms with Crippen LogP contribution in [0.2, 0.25) is 0 Å². The van der Waals surface area contributed by atoms with Gasteiger partial charge in [-0.25, -0.2) is 8.78 Å². The third-order valence-electron chi connectivity index (χ3n) is 2.97. The van der Waals surface area contributed by atoms with E-state index in [1.54, 1.807) is 24.3 Å². The summed E-state index contributed by atoms with van der Waals surface area (Å²) < 4.78 is 26.4. The molecule has 2 rings (SSSR count). The molecule has 0 unspecified atom stereocenters. The van der Waals surface area contributed by atoms with Crippen molar-refractivity contribution in [3.8, 4) is 0 Å². The molecule has 0 spiro atoms. The Morgan fingerprint density at radius 3 is 2.27 bits per heavy atom. The number of hydrogen-bond acceptors (Lipinski definition) is 2. The number of carbonyl (C=O) groups is 1. The maximum atomic E-state index is 13.5. The van der Waals surface area contributed by atoms with Crippen LogP contribution in [0.25, 0.3) is 0 Å². The van der Waals surface area contributed by atoms with Gasteiger partial charge in [-0.15, -0.1) is 0 Å². The molecule has 2 aromatic carbocycles. The summed E-state index contributed by atoms with van der Waals surface area (Å²) in [7, 11) is 0. The van der Waals surface area contributed by atoms with Crippen molar-refractivity contribution in [3.05, 3.63) is 54.1 Å². The number of hydrogen-bond donors (Lipinski definition) is 2. The fraction of sp³-hybridized carbons (Fsp3) is 0.235. The second kappa shape index (κ2) is 7.02. The molecule has 0 aliphatic heterocycles. The van der Waals surface area contributed by atoms with E-state index in [0.717, 1.165) is 6.07 Å². The van der Waals surface area contributed by atoms with E-state index in [4.69, 9.17) is 0 Å². The lowest BCUT2D eigenvalue weighted by Gasteiger charge is -2.10. The van der Waals surface area contributed by atoms with E-state index >= 15 is 0 Å². The maximum absolute atomic E-state index is 13.5. The second-order valence-electron chi connectivity index (χ2n) is 5.47. The molecule has 2 N–H and O–H groups in total. The summed E-state index contributed by atoms with van der Waals surface area (Å²) >= 11 is 0. The Bertz CT molecular complexity index is 654. The van der Waals surface area contributed by atoms with Crippen molar-refractivity contribution >= 4 is 23.0 Å². The van der Waals surface area contributed by atoms with Gasteiger partial charge >= 0.3 is 0 Å². The largest absolute Gasteiger partial charge is 0.353 e. The molecule has 0 fully saturated rings. The molecule has 5 heteroatoms. The number of carbonyl (C=O) groups excluding carboxylic acids is 1. The summed E-state index contributed by atoms with van der Waals surface area (Å²) in [5, 5.41) is 5.65. The smallest absolute Gasteiger partial charge is 0.224 e. The first-order valence-electron chi connectivity index (χ1n) is 7.06. The van der Waals surface area contributed by atoms with Gasteiger partial charge in [-0.3, -0.25) is 4.79 Å². The number of benzene rings is 2. The standard InChI is InChI=1S/C17H18F2N2O/c1-11(2)9-17(22)21-14-6-4-13(5-7-14)20-16-8-3-12(18)10-15(16)19/h3-8,10-11,20H,9H2,1-2H3,(H,21,22). The average Bonchev–Trinajstić information content (AvgIpc) is 2.43. The highest BCUT2D eigenvalue weighted by Crippen LogP contribution is 2.22. The van der Waals surface area contributed by atoms with Gasteiger partial charge in [0.2, 0.25) is 5.91 Å². The molecule has 0 heterocycles. The molecule has 0 aromatic heterocycles. The van der Waals surface area contributed by atoms with Crippen LogP contribution in [0.3, 0.4) is 0 Å². The molecule has 0 saturated carbocycles. The zero-order chi connectivity index (χ0) is 16.1. The molecular formula is C17H18F2N2O. The fourth-order valence-electron chi connectivity index (χ4n) is 1.97. The van der Waals surface area contributed by atoms with Gasteiger partial charge in [-0.1, -0.05) is 13.8 Å². The van der Waals surface area contributed by atoms with Gasteiger partial charge in [0.25, 0.3) is 0 Å². The number of nitrogens with one attached hydrogen (secondary N) is 2. The van der Waals surface area contributed by atoms with E-state index in [0.29, 0.717) is 23.7 Å². The lowest BCUT2D eigenvalue weighted by atomic mass is 10.1. The molecule has 0 radical (unpaired) electrons. The van der Waals surface area contributed by atoms with Crippen molar-refractivity contribution in [2.45, 2.75) is 20.3 Å². The van der Waals surface area contributed by atoms with Crippen LogP contribution in [0.15, 0.2) is 42.5 Å². The van der Waals surface area contributed by atoms with E-state index in [1.165, 1.54) is 12.1 Å². The summed E-state index contributed by atoms with van der Waals surface area (Å²) in [6.07, 6.45) is 0.459. The lowest BCUT2D eigenvalue weighted by molar-refractivity contribution is -0.116. The topological polar surface area (TPSA) is 41.1 Å². The number of amides is 1. The number of anilines is 3. The molecule has 2 aromatic rings. The zero-order valence-corrected chi connectivity index (χ0v) is 12.5. The summed E-state index contributed by atoms with van der Waals surface area (Å²) in [6, 6.07) is 10.2. The van der Waals surface area contributed by atoms with Crippen molar-refractivity contribution in [3.63, 3.8) is 0 Å². The van der Waals surface area contributed by atoms with E-state index in [9.17, 15) is 13.6 Å². The Morgan fingerprint density at radius 2 is 1.68 bits per heavy atom. The van der Waals surface area contributed by atoms with Crippen LogP contribution >= 0.6 is 0 Å². The Morgan fingerprint density at radius 1 is 1.05 bits per heavy atom. The van der Waals surface area contributed by atoms with Crippen LogP contribution in [-0.2, 0) is 4.79 Å². The van der Waals surface area contributed by atoms with E-state index in [-0.39, 0.29) is 11.6 Å². The Kier molecular flexibility index (Phi) is 5.09. The Hall–Kier alpha value is -2.43. The van der Waals surface area contributed by atoms with Crippen molar-refractivity contribution in [2.24, 2.45) is 5.92 Å². The molecule has 0 saturated heterocycles. The van der Waals surface area contributed by atoms with Crippen molar-refractivity contribution in [1.29, 1.82) is 0 Å². The highest BCUT2D eigenvalue weighted by Gasteiger charge is 2.06. The first-order valence-corrected chi connectivity index (χ1v) is 7.06. The normalized spacial score (nSPS) is 10.6. The highest BCUT2D eigenvalue weighted by molar-refractivity contribution is 5.91. The van der Waals surface area contributed by atoms with Crippen LogP contribution < -0.4 is 10.6 Å². The van der Waals surface area contributed by atoms with Crippen molar-refractivity contribution < 1.29 is 13.6 Å². The van der Waals surface area contributed by atoms with E-state index in [2.05, 4.69) is 10.6 Å². The summed E-state index contributed by atoms with van der Waals surface area (Å²) in [6.45, 7) is 3.95. The second-order valence-corrected chi connectivity index (χ2v) is 5.47. The van der Waals surface area contributed by atoms with Crippen LogP contribution in [0, 0.1) is 17.6 Å². The molecule has 1 amide bonds. The minimum atomic E-state index is -0.658. The quantitative estimate of drug-likeness (QED) is 0.841. The van der Waals surface area contributed by atoms with Gasteiger partial charge < -0.3 is 10.6 Å². The molecule has 0 atom stereocenters. The van der Waals surface area contributed by atoms with Gasteiger partial charge in [0.05, 0.1) is 5.69 Å². The van der Waals surface area contributed by atoms with E-state index < -0.39 is 11.6 Å². The summed E-state index contributed by atoms with van der Waals surface area (Å²) in [5.74, 6) is -1.02. The first-order chi connectivity index (χ1) is 10.4. The number of halogens is 2. The monoisotopic (exact) mass is 304 g/mol. The average molecular weight is 304 g/mol. The molecule has 116 valence electrons. The fourth-order valence-corrected chi connectivity index (χ4v) is 1.97. The third kappa shape index (κ3) is 4.55. The minimum absolute atomic E-state index is 0.0414. The predicted octanol–water partition coefficient (Wildman–Crippen LogP) is 4.69. The van der Waals surface area contributed by atoms with Gasteiger partial charge in [0, 0.05) is 23.9 Å². The lowest BCUT2D eigenvalue weighted by Crippen LogP contribution is -2.13. The molecule has 0 aliphatic rings. The molecule has 22 heavy (non-hydrogen) atoms. The minimum Gasteiger partial charge on any atom is -0.353 e.